The van der Waals surface area contributed by atoms with Crippen LogP contribution in [0.5, 0.6) is 5.75 Å². The lowest BCUT2D eigenvalue weighted by atomic mass is 9.74. The standard InChI is InChI=1S/C26H31N3O3/c1-20-10-13-28-29(20)15-14-27-25(30)26(11-16-32-17-12-26)19-21-6-5-7-22(18-21)23-8-3-4-9-24(23)31-2/h3-10,13,18H,11-12,14-17,19H2,1-2H3,(H,27,30). The van der Waals surface area contributed by atoms with Crippen molar-refractivity contribution in [1.82, 2.24) is 15.1 Å². The van der Waals surface area contributed by atoms with Gasteiger partial charge in [-0.25, -0.2) is 0 Å². The quantitative estimate of drug-likeness (QED) is 0.583. The molecule has 1 aliphatic heterocycles. The molecule has 0 saturated carbocycles. The number of hydrogen-bond donors (Lipinski definition) is 1. The van der Waals surface area contributed by atoms with Gasteiger partial charge in [0.1, 0.15) is 5.75 Å². The van der Waals surface area contributed by atoms with Crippen LogP contribution in [-0.2, 0) is 22.5 Å². The molecule has 1 saturated heterocycles. The number of benzene rings is 2. The molecule has 168 valence electrons. The van der Waals surface area contributed by atoms with Gasteiger partial charge in [0.05, 0.1) is 19.1 Å². The van der Waals surface area contributed by atoms with E-state index in [2.05, 4.69) is 40.7 Å². The molecule has 2 heterocycles. The Kier molecular flexibility index (Phi) is 6.90. The fourth-order valence-corrected chi connectivity index (χ4v) is 4.46. The second kappa shape index (κ2) is 10.0. The summed E-state index contributed by atoms with van der Waals surface area (Å²) in [6.45, 7) is 4.46. The lowest BCUT2D eigenvalue weighted by molar-refractivity contribution is -0.136. The number of rotatable bonds is 8. The molecule has 0 radical (unpaired) electrons. The van der Waals surface area contributed by atoms with Gasteiger partial charge in [-0.2, -0.15) is 5.10 Å². The first-order chi connectivity index (χ1) is 15.6. The summed E-state index contributed by atoms with van der Waals surface area (Å²) < 4.78 is 13.1. The van der Waals surface area contributed by atoms with E-state index in [0.717, 1.165) is 41.0 Å². The average molecular weight is 434 g/mol. The molecule has 1 fully saturated rings. The van der Waals surface area contributed by atoms with Crippen LogP contribution in [0.4, 0.5) is 0 Å². The number of nitrogens with zero attached hydrogens (tertiary/aromatic N) is 2. The highest BCUT2D eigenvalue weighted by Gasteiger charge is 2.40. The zero-order chi connectivity index (χ0) is 22.4. The van der Waals surface area contributed by atoms with Gasteiger partial charge < -0.3 is 14.8 Å². The topological polar surface area (TPSA) is 65.4 Å². The summed E-state index contributed by atoms with van der Waals surface area (Å²) >= 11 is 0. The summed E-state index contributed by atoms with van der Waals surface area (Å²) in [7, 11) is 1.69. The van der Waals surface area contributed by atoms with Crippen molar-refractivity contribution in [3.05, 3.63) is 72.1 Å². The lowest BCUT2D eigenvalue weighted by Crippen LogP contribution is -2.47. The fourth-order valence-electron chi connectivity index (χ4n) is 4.46. The second-order valence-corrected chi connectivity index (χ2v) is 8.42. The Bertz CT molecular complexity index is 1050. The minimum atomic E-state index is -0.461. The minimum absolute atomic E-state index is 0.105. The highest BCUT2D eigenvalue weighted by atomic mass is 16.5. The fraction of sp³-hybridized carbons (Fsp3) is 0.385. The van der Waals surface area contributed by atoms with Crippen molar-refractivity contribution in [3.63, 3.8) is 0 Å². The third kappa shape index (κ3) is 4.86. The molecule has 2 aromatic carbocycles. The average Bonchev–Trinajstić information content (AvgIpc) is 3.24. The normalized spacial score (nSPS) is 15.3. The first-order valence-electron chi connectivity index (χ1n) is 11.2. The molecule has 4 rings (SSSR count). The third-order valence-corrected chi connectivity index (χ3v) is 6.36. The molecule has 0 spiro atoms. The first kappa shape index (κ1) is 22.1. The Labute approximate surface area is 189 Å². The van der Waals surface area contributed by atoms with Crippen molar-refractivity contribution in [3.8, 4) is 16.9 Å². The van der Waals surface area contributed by atoms with Crippen molar-refractivity contribution >= 4 is 5.91 Å². The van der Waals surface area contributed by atoms with Crippen LogP contribution in [0.3, 0.4) is 0 Å². The number of carbonyl (C=O) groups is 1. The predicted octanol–water partition coefficient (Wildman–Crippen LogP) is 4.02. The summed E-state index contributed by atoms with van der Waals surface area (Å²) in [4.78, 5) is 13.4. The smallest absolute Gasteiger partial charge is 0.226 e. The van der Waals surface area contributed by atoms with Gasteiger partial charge in [-0.05, 0) is 49.4 Å². The molecule has 6 nitrogen and oxygen atoms in total. The predicted molar refractivity (Wildman–Crippen MR) is 125 cm³/mol. The largest absolute Gasteiger partial charge is 0.496 e. The SMILES string of the molecule is COc1ccccc1-c1cccc(CC2(C(=O)NCCn3nccc3C)CCOCC2)c1. The maximum Gasteiger partial charge on any atom is 0.226 e. The number of aromatic nitrogens is 2. The van der Waals surface area contributed by atoms with E-state index >= 15 is 0 Å². The van der Waals surface area contributed by atoms with Crippen LogP contribution in [0.15, 0.2) is 60.8 Å². The summed E-state index contributed by atoms with van der Waals surface area (Å²) in [5, 5.41) is 7.47. The zero-order valence-corrected chi connectivity index (χ0v) is 18.8. The molecular weight excluding hydrogens is 402 g/mol. The van der Waals surface area contributed by atoms with Gasteiger partial charge in [-0.3, -0.25) is 9.48 Å². The van der Waals surface area contributed by atoms with Gasteiger partial charge in [0.15, 0.2) is 0 Å². The van der Waals surface area contributed by atoms with Gasteiger partial charge in [-0.15, -0.1) is 0 Å². The van der Waals surface area contributed by atoms with Gasteiger partial charge in [0, 0.05) is 37.2 Å². The number of aryl methyl sites for hydroxylation is 1. The van der Waals surface area contributed by atoms with Crippen LogP contribution >= 0.6 is 0 Å². The Hall–Kier alpha value is -3.12. The molecule has 0 aliphatic carbocycles. The summed E-state index contributed by atoms with van der Waals surface area (Å²) in [5.41, 5.74) is 3.92. The number of para-hydroxylation sites is 1. The minimum Gasteiger partial charge on any atom is -0.496 e. The lowest BCUT2D eigenvalue weighted by Gasteiger charge is -2.36. The Morgan fingerprint density at radius 2 is 1.97 bits per heavy atom. The molecule has 0 atom stereocenters. The summed E-state index contributed by atoms with van der Waals surface area (Å²) in [5.74, 6) is 0.949. The van der Waals surface area contributed by atoms with E-state index in [4.69, 9.17) is 9.47 Å². The zero-order valence-electron chi connectivity index (χ0n) is 18.8. The van der Waals surface area contributed by atoms with Crippen molar-refractivity contribution in [2.45, 2.75) is 32.7 Å². The Morgan fingerprint density at radius 1 is 1.16 bits per heavy atom. The van der Waals surface area contributed by atoms with Gasteiger partial charge in [-0.1, -0.05) is 42.5 Å². The maximum atomic E-state index is 13.4. The van der Waals surface area contributed by atoms with Crippen LogP contribution in [0, 0.1) is 12.3 Å². The van der Waals surface area contributed by atoms with Crippen molar-refractivity contribution < 1.29 is 14.3 Å². The van der Waals surface area contributed by atoms with E-state index in [-0.39, 0.29) is 5.91 Å². The Balaban J connectivity index is 1.51. The summed E-state index contributed by atoms with van der Waals surface area (Å²) in [6.07, 6.45) is 3.91. The molecule has 1 aromatic heterocycles. The maximum absolute atomic E-state index is 13.4. The van der Waals surface area contributed by atoms with Crippen molar-refractivity contribution in [2.24, 2.45) is 5.41 Å². The third-order valence-electron chi connectivity index (χ3n) is 6.36. The molecule has 6 heteroatoms. The van der Waals surface area contributed by atoms with E-state index in [1.165, 1.54) is 0 Å². The molecule has 1 N–H and O–H groups in total. The van der Waals surface area contributed by atoms with E-state index in [1.807, 2.05) is 35.9 Å². The number of nitrogens with one attached hydrogen (secondary N) is 1. The van der Waals surface area contributed by atoms with E-state index in [1.54, 1.807) is 13.3 Å². The van der Waals surface area contributed by atoms with Crippen LogP contribution in [-0.4, -0.2) is 42.6 Å². The highest BCUT2D eigenvalue weighted by molar-refractivity contribution is 5.83. The van der Waals surface area contributed by atoms with E-state index in [9.17, 15) is 4.79 Å². The van der Waals surface area contributed by atoms with Crippen LogP contribution in [0.25, 0.3) is 11.1 Å². The van der Waals surface area contributed by atoms with Crippen LogP contribution in [0.2, 0.25) is 0 Å². The van der Waals surface area contributed by atoms with E-state index in [0.29, 0.717) is 32.7 Å². The van der Waals surface area contributed by atoms with Crippen LogP contribution < -0.4 is 10.1 Å². The first-order valence-corrected chi connectivity index (χ1v) is 11.2. The van der Waals surface area contributed by atoms with Gasteiger partial charge in [0.25, 0.3) is 0 Å². The molecule has 1 aliphatic rings. The van der Waals surface area contributed by atoms with Crippen molar-refractivity contribution in [1.29, 1.82) is 0 Å². The number of ether oxygens (including phenoxy) is 2. The monoisotopic (exact) mass is 433 g/mol. The molecule has 32 heavy (non-hydrogen) atoms. The molecule has 0 bridgehead atoms. The van der Waals surface area contributed by atoms with Crippen molar-refractivity contribution in [2.75, 3.05) is 26.9 Å². The molecular formula is C26H31N3O3. The Morgan fingerprint density at radius 3 is 2.72 bits per heavy atom. The second-order valence-electron chi connectivity index (χ2n) is 8.42. The molecule has 3 aromatic rings. The number of hydrogen-bond acceptors (Lipinski definition) is 4. The number of methoxy groups -OCH3 is 1. The number of carbonyl (C=O) groups excluding carboxylic acids is 1. The van der Waals surface area contributed by atoms with Gasteiger partial charge in [0.2, 0.25) is 5.91 Å². The highest BCUT2D eigenvalue weighted by Crippen LogP contribution is 2.36. The molecule has 1 amide bonds. The van der Waals surface area contributed by atoms with E-state index < -0.39 is 5.41 Å². The summed E-state index contributed by atoms with van der Waals surface area (Å²) in [6, 6.07) is 18.4. The van der Waals surface area contributed by atoms with Gasteiger partial charge >= 0.3 is 0 Å². The van der Waals surface area contributed by atoms with Crippen LogP contribution in [0.1, 0.15) is 24.1 Å². The number of amides is 1. The molecule has 0 unspecified atom stereocenters.